The quantitative estimate of drug-likeness (QED) is 0.244. The van der Waals surface area contributed by atoms with Gasteiger partial charge >= 0.3 is 0 Å². The molecule has 0 aliphatic rings. The Labute approximate surface area is 183 Å². The number of rotatable bonds is 1. The van der Waals surface area contributed by atoms with Crippen molar-refractivity contribution >= 4 is 32.3 Å². The molecule has 0 aliphatic heterocycles. The third kappa shape index (κ3) is 4.06. The minimum Gasteiger partial charge on any atom is -0.0622 e. The maximum atomic E-state index is 2.27. The van der Waals surface area contributed by atoms with Crippen molar-refractivity contribution in [2.75, 3.05) is 0 Å². The van der Waals surface area contributed by atoms with Gasteiger partial charge in [0.1, 0.15) is 0 Å². The van der Waals surface area contributed by atoms with Gasteiger partial charge in [0.25, 0.3) is 0 Å². The van der Waals surface area contributed by atoms with E-state index in [1.807, 2.05) is 0 Å². The summed E-state index contributed by atoms with van der Waals surface area (Å²) in [6.07, 6.45) is 0. The standard InChI is InChI=1S/C20H14.C11H10/c1-2-6-15(7-3-1)18-10-11-19-12-16-8-4-5-9-17(16)13-20(19)14-18;1-9-5-4-7-10-6-2-3-8-11(9)10/h1-14H;2-8H,1H3. The summed E-state index contributed by atoms with van der Waals surface area (Å²) in [5.74, 6) is 0. The lowest BCUT2D eigenvalue weighted by atomic mass is 9.99. The number of benzene rings is 6. The van der Waals surface area contributed by atoms with Gasteiger partial charge in [-0.15, -0.1) is 0 Å². The molecule has 0 amide bonds. The van der Waals surface area contributed by atoms with E-state index in [2.05, 4.69) is 134 Å². The van der Waals surface area contributed by atoms with Crippen LogP contribution in [0.2, 0.25) is 0 Å². The Morgan fingerprint density at radius 3 is 1.68 bits per heavy atom. The average Bonchev–Trinajstić information content (AvgIpc) is 2.84. The first-order valence-corrected chi connectivity index (χ1v) is 10.7. The van der Waals surface area contributed by atoms with Crippen molar-refractivity contribution in [1.29, 1.82) is 0 Å². The molecule has 0 nitrogen and oxygen atoms in total. The molecule has 6 aromatic carbocycles. The van der Waals surface area contributed by atoms with Crippen molar-refractivity contribution in [3.8, 4) is 11.1 Å². The first-order valence-electron chi connectivity index (χ1n) is 10.7. The minimum absolute atomic E-state index is 1.27. The molecule has 0 fully saturated rings. The summed E-state index contributed by atoms with van der Waals surface area (Å²) in [4.78, 5) is 0. The lowest BCUT2D eigenvalue weighted by molar-refractivity contribution is 1.53. The van der Waals surface area contributed by atoms with Gasteiger partial charge in [-0.2, -0.15) is 0 Å². The van der Waals surface area contributed by atoms with Crippen LogP contribution in [0.3, 0.4) is 0 Å². The molecule has 0 aliphatic carbocycles. The van der Waals surface area contributed by atoms with Crippen LogP contribution in [-0.2, 0) is 0 Å². The topological polar surface area (TPSA) is 0 Å². The van der Waals surface area contributed by atoms with E-state index in [9.17, 15) is 0 Å². The van der Waals surface area contributed by atoms with Crippen LogP contribution < -0.4 is 0 Å². The first kappa shape index (κ1) is 19.1. The van der Waals surface area contributed by atoms with Crippen molar-refractivity contribution < 1.29 is 0 Å². The van der Waals surface area contributed by atoms with Crippen LogP contribution in [0.25, 0.3) is 43.4 Å². The second-order valence-electron chi connectivity index (χ2n) is 7.92. The molecule has 0 bridgehead atoms. The summed E-state index contributed by atoms with van der Waals surface area (Å²) >= 11 is 0. The van der Waals surface area contributed by atoms with Crippen LogP contribution in [0.5, 0.6) is 0 Å². The lowest BCUT2D eigenvalue weighted by Crippen LogP contribution is -1.80. The molecule has 148 valence electrons. The van der Waals surface area contributed by atoms with Gasteiger partial charge in [0, 0.05) is 0 Å². The molecule has 0 saturated carbocycles. The van der Waals surface area contributed by atoms with Crippen molar-refractivity contribution in [1.82, 2.24) is 0 Å². The zero-order chi connectivity index (χ0) is 21.0. The SMILES string of the molecule is Cc1cccc2ccccc12.c1ccc(-c2ccc3cc4ccccc4cc3c2)cc1. The normalized spacial score (nSPS) is 10.7. The van der Waals surface area contributed by atoms with Gasteiger partial charge in [-0.1, -0.05) is 109 Å². The molecule has 0 heteroatoms. The highest BCUT2D eigenvalue weighted by Gasteiger charge is 2.01. The predicted molar refractivity (Wildman–Crippen MR) is 136 cm³/mol. The fourth-order valence-electron chi connectivity index (χ4n) is 4.14. The first-order chi connectivity index (χ1) is 15.3. The predicted octanol–water partition coefficient (Wildman–Crippen LogP) is 8.81. The average molecular weight is 397 g/mol. The maximum Gasteiger partial charge on any atom is -0.0155 e. The summed E-state index contributed by atoms with van der Waals surface area (Å²) in [7, 11) is 0. The van der Waals surface area contributed by atoms with Gasteiger partial charge in [-0.3, -0.25) is 0 Å². The largest absolute Gasteiger partial charge is 0.0622 e. The minimum atomic E-state index is 1.27. The zero-order valence-corrected chi connectivity index (χ0v) is 17.6. The molecular weight excluding hydrogens is 372 g/mol. The number of fused-ring (bicyclic) bond motifs is 3. The van der Waals surface area contributed by atoms with Gasteiger partial charge in [0.15, 0.2) is 0 Å². The second-order valence-corrected chi connectivity index (χ2v) is 7.92. The van der Waals surface area contributed by atoms with Crippen molar-refractivity contribution in [2.24, 2.45) is 0 Å². The third-order valence-electron chi connectivity index (χ3n) is 5.82. The van der Waals surface area contributed by atoms with Crippen molar-refractivity contribution in [3.63, 3.8) is 0 Å². The maximum absolute atomic E-state index is 2.27. The molecule has 0 atom stereocenters. The van der Waals surface area contributed by atoms with Crippen molar-refractivity contribution in [2.45, 2.75) is 6.92 Å². The Bertz CT molecular complexity index is 1470. The molecule has 0 radical (unpaired) electrons. The van der Waals surface area contributed by atoms with Gasteiger partial charge in [0.05, 0.1) is 0 Å². The van der Waals surface area contributed by atoms with Crippen LogP contribution in [0.15, 0.2) is 127 Å². The Balaban J connectivity index is 0.000000157. The molecule has 6 aromatic rings. The summed E-state index contributed by atoms with van der Waals surface area (Å²) in [6, 6.07) is 45.1. The van der Waals surface area contributed by atoms with E-state index in [1.54, 1.807) is 0 Å². The Kier molecular flexibility index (Phi) is 5.21. The molecule has 0 unspecified atom stereocenters. The Hall–Kier alpha value is -3.90. The van der Waals surface area contributed by atoms with Crippen LogP contribution in [0.4, 0.5) is 0 Å². The highest BCUT2D eigenvalue weighted by Crippen LogP contribution is 2.27. The summed E-state index contributed by atoms with van der Waals surface area (Å²) in [5, 5.41) is 7.87. The highest BCUT2D eigenvalue weighted by atomic mass is 14.1. The smallest absolute Gasteiger partial charge is 0.0155 e. The summed E-state index contributed by atoms with van der Waals surface area (Å²) in [6.45, 7) is 2.14. The molecule has 0 saturated heterocycles. The van der Waals surface area contributed by atoms with Crippen LogP contribution >= 0.6 is 0 Å². The molecular formula is C31H24. The van der Waals surface area contributed by atoms with E-state index in [0.717, 1.165) is 0 Å². The molecule has 0 spiro atoms. The molecule has 0 aromatic heterocycles. The van der Waals surface area contributed by atoms with Crippen LogP contribution in [0.1, 0.15) is 5.56 Å². The summed E-state index contributed by atoms with van der Waals surface area (Å²) < 4.78 is 0. The van der Waals surface area contributed by atoms with Gasteiger partial charge in [-0.25, -0.2) is 0 Å². The van der Waals surface area contributed by atoms with Gasteiger partial charge in [-0.05, 0) is 74.1 Å². The van der Waals surface area contributed by atoms with E-state index >= 15 is 0 Å². The number of hydrogen-bond donors (Lipinski definition) is 0. The highest BCUT2D eigenvalue weighted by molar-refractivity contribution is 5.99. The monoisotopic (exact) mass is 396 g/mol. The van der Waals surface area contributed by atoms with E-state index < -0.39 is 0 Å². The molecule has 0 N–H and O–H groups in total. The van der Waals surface area contributed by atoms with E-state index in [-0.39, 0.29) is 0 Å². The van der Waals surface area contributed by atoms with E-state index in [0.29, 0.717) is 0 Å². The van der Waals surface area contributed by atoms with Gasteiger partial charge < -0.3 is 0 Å². The fraction of sp³-hybridized carbons (Fsp3) is 0.0323. The lowest BCUT2D eigenvalue weighted by Gasteiger charge is -2.06. The zero-order valence-electron chi connectivity index (χ0n) is 17.6. The van der Waals surface area contributed by atoms with Gasteiger partial charge in [0.2, 0.25) is 0 Å². The molecule has 0 heterocycles. The van der Waals surface area contributed by atoms with Crippen LogP contribution in [-0.4, -0.2) is 0 Å². The number of hydrogen-bond acceptors (Lipinski definition) is 0. The Morgan fingerprint density at radius 2 is 0.935 bits per heavy atom. The fourth-order valence-corrected chi connectivity index (χ4v) is 4.14. The Morgan fingerprint density at radius 1 is 0.355 bits per heavy atom. The second kappa shape index (κ2) is 8.45. The third-order valence-corrected chi connectivity index (χ3v) is 5.82. The van der Waals surface area contributed by atoms with E-state index in [4.69, 9.17) is 0 Å². The van der Waals surface area contributed by atoms with Crippen molar-refractivity contribution in [3.05, 3.63) is 133 Å². The summed E-state index contributed by atoms with van der Waals surface area (Å²) in [5.41, 5.74) is 3.89. The molecule has 31 heavy (non-hydrogen) atoms. The van der Waals surface area contributed by atoms with Crippen LogP contribution in [0, 0.1) is 6.92 Å². The molecule has 6 rings (SSSR count). The number of aryl methyl sites for hydroxylation is 1. The van der Waals surface area contributed by atoms with E-state index in [1.165, 1.54) is 49.0 Å².